The molecule has 6 heteroatoms. The molecule has 1 unspecified atom stereocenters. The summed E-state index contributed by atoms with van der Waals surface area (Å²) in [6.07, 6.45) is 1.54. The van der Waals surface area contributed by atoms with Gasteiger partial charge in [-0.1, -0.05) is 0 Å². The third-order valence-electron chi connectivity index (χ3n) is 2.60. The van der Waals surface area contributed by atoms with Crippen molar-refractivity contribution >= 4 is 15.9 Å². The van der Waals surface area contributed by atoms with Crippen LogP contribution in [0.25, 0.3) is 0 Å². The largest absolute Gasteiger partial charge is 0.487 e. The molecule has 3 nitrogen and oxygen atoms in total. The molecule has 1 aromatic carbocycles. The highest BCUT2D eigenvalue weighted by Gasteiger charge is 2.21. The molecule has 1 fully saturated rings. The van der Waals surface area contributed by atoms with Crippen LogP contribution in [0.3, 0.4) is 0 Å². The maximum absolute atomic E-state index is 13.4. The van der Waals surface area contributed by atoms with Gasteiger partial charge in [-0.2, -0.15) is 0 Å². The summed E-state index contributed by atoms with van der Waals surface area (Å²) >= 11 is 3.02. The highest BCUT2D eigenvalue weighted by Crippen LogP contribution is 2.29. The number of aliphatic hydroxyl groups excluding tert-OH is 1. The lowest BCUT2D eigenvalue weighted by Gasteiger charge is -2.14. The van der Waals surface area contributed by atoms with E-state index in [1.54, 1.807) is 0 Å². The zero-order valence-electron chi connectivity index (χ0n) is 9.63. The average Bonchev–Trinajstić information content (AvgIpc) is 3.08. The van der Waals surface area contributed by atoms with E-state index in [4.69, 9.17) is 4.74 Å². The quantitative estimate of drug-likeness (QED) is 0.844. The summed E-state index contributed by atoms with van der Waals surface area (Å²) in [5.41, 5.74) is 0. The SMILES string of the molecule is OC(CNC1CC1)COc1c(F)cc(F)cc1Br. The maximum Gasteiger partial charge on any atom is 0.169 e. The number of ether oxygens (including phenoxy) is 1. The molecule has 2 N–H and O–H groups in total. The molecule has 0 heterocycles. The van der Waals surface area contributed by atoms with Crippen LogP contribution in [-0.2, 0) is 0 Å². The number of aliphatic hydroxyl groups is 1. The summed E-state index contributed by atoms with van der Waals surface area (Å²) in [5.74, 6) is -1.55. The number of benzene rings is 1. The fourth-order valence-electron chi connectivity index (χ4n) is 1.50. The molecule has 1 aliphatic carbocycles. The Kier molecular flexibility index (Phi) is 4.53. The van der Waals surface area contributed by atoms with Gasteiger partial charge in [-0.05, 0) is 34.8 Å². The van der Waals surface area contributed by atoms with Gasteiger partial charge in [0, 0.05) is 18.7 Å². The molecule has 1 aromatic rings. The van der Waals surface area contributed by atoms with Crippen molar-refractivity contribution in [2.75, 3.05) is 13.2 Å². The molecule has 0 aromatic heterocycles. The van der Waals surface area contributed by atoms with E-state index < -0.39 is 17.7 Å². The van der Waals surface area contributed by atoms with E-state index in [2.05, 4.69) is 21.2 Å². The van der Waals surface area contributed by atoms with Gasteiger partial charge < -0.3 is 15.2 Å². The van der Waals surface area contributed by atoms with Crippen LogP contribution >= 0.6 is 15.9 Å². The molecular formula is C12H14BrF2NO2. The predicted octanol–water partition coefficient (Wildman–Crippen LogP) is 2.22. The number of halogens is 3. The summed E-state index contributed by atoms with van der Waals surface area (Å²) < 4.78 is 31.6. The lowest BCUT2D eigenvalue weighted by atomic mass is 10.3. The van der Waals surface area contributed by atoms with E-state index in [-0.39, 0.29) is 16.8 Å². The van der Waals surface area contributed by atoms with Crippen molar-refractivity contribution in [1.82, 2.24) is 5.32 Å². The summed E-state index contributed by atoms with van der Waals surface area (Å²) in [4.78, 5) is 0. The smallest absolute Gasteiger partial charge is 0.169 e. The van der Waals surface area contributed by atoms with E-state index in [0.717, 1.165) is 25.0 Å². The van der Waals surface area contributed by atoms with Crippen molar-refractivity contribution in [3.05, 3.63) is 28.2 Å². The van der Waals surface area contributed by atoms with Crippen LogP contribution in [0.15, 0.2) is 16.6 Å². The first kappa shape index (κ1) is 13.7. The molecule has 0 amide bonds. The first-order valence-corrected chi connectivity index (χ1v) is 6.54. The second-order valence-corrected chi connectivity index (χ2v) is 5.20. The van der Waals surface area contributed by atoms with Crippen molar-refractivity contribution < 1.29 is 18.6 Å². The molecule has 18 heavy (non-hydrogen) atoms. The molecular weight excluding hydrogens is 308 g/mol. The zero-order valence-corrected chi connectivity index (χ0v) is 11.2. The van der Waals surface area contributed by atoms with Crippen LogP contribution in [0.2, 0.25) is 0 Å². The van der Waals surface area contributed by atoms with Gasteiger partial charge in [-0.25, -0.2) is 8.78 Å². The Labute approximate surface area is 112 Å². The van der Waals surface area contributed by atoms with Gasteiger partial charge in [0.2, 0.25) is 0 Å². The van der Waals surface area contributed by atoms with Gasteiger partial charge in [0.25, 0.3) is 0 Å². The van der Waals surface area contributed by atoms with E-state index in [1.165, 1.54) is 0 Å². The second-order valence-electron chi connectivity index (χ2n) is 4.35. The third kappa shape index (κ3) is 3.90. The first-order chi connectivity index (χ1) is 8.56. The maximum atomic E-state index is 13.4. The lowest BCUT2D eigenvalue weighted by Crippen LogP contribution is -2.32. The number of hydrogen-bond acceptors (Lipinski definition) is 3. The third-order valence-corrected chi connectivity index (χ3v) is 3.19. The molecule has 0 radical (unpaired) electrons. The fourth-order valence-corrected chi connectivity index (χ4v) is 2.02. The summed E-state index contributed by atoms with van der Waals surface area (Å²) in [7, 11) is 0. The minimum absolute atomic E-state index is 0.0408. The minimum Gasteiger partial charge on any atom is -0.487 e. The Balaban J connectivity index is 1.84. The van der Waals surface area contributed by atoms with E-state index in [9.17, 15) is 13.9 Å². The predicted molar refractivity (Wildman–Crippen MR) is 66.6 cm³/mol. The van der Waals surface area contributed by atoms with Crippen molar-refractivity contribution in [3.63, 3.8) is 0 Å². The van der Waals surface area contributed by atoms with Crippen molar-refractivity contribution in [2.45, 2.75) is 25.0 Å². The summed E-state index contributed by atoms with van der Waals surface area (Å²) in [6.45, 7) is 0.367. The van der Waals surface area contributed by atoms with Crippen molar-refractivity contribution in [2.24, 2.45) is 0 Å². The molecule has 2 rings (SSSR count). The Morgan fingerprint density at radius 3 is 2.78 bits per heavy atom. The number of rotatable bonds is 6. The Bertz CT molecular complexity index is 404. The highest BCUT2D eigenvalue weighted by molar-refractivity contribution is 9.10. The van der Waals surface area contributed by atoms with Gasteiger partial charge in [0.05, 0.1) is 4.47 Å². The summed E-state index contributed by atoms with van der Waals surface area (Å²) in [5, 5.41) is 12.8. The van der Waals surface area contributed by atoms with E-state index >= 15 is 0 Å². The van der Waals surface area contributed by atoms with Crippen LogP contribution in [0, 0.1) is 11.6 Å². The van der Waals surface area contributed by atoms with Gasteiger partial charge in [0.15, 0.2) is 11.6 Å². The molecule has 0 saturated heterocycles. The van der Waals surface area contributed by atoms with Crippen molar-refractivity contribution in [1.29, 1.82) is 0 Å². The van der Waals surface area contributed by atoms with Gasteiger partial charge >= 0.3 is 0 Å². The zero-order chi connectivity index (χ0) is 13.1. The van der Waals surface area contributed by atoms with Crippen molar-refractivity contribution in [3.8, 4) is 5.75 Å². The van der Waals surface area contributed by atoms with E-state index in [1.807, 2.05) is 0 Å². The topological polar surface area (TPSA) is 41.5 Å². The Morgan fingerprint density at radius 2 is 2.17 bits per heavy atom. The molecule has 100 valence electrons. The molecule has 0 spiro atoms. The fraction of sp³-hybridized carbons (Fsp3) is 0.500. The number of nitrogens with one attached hydrogen (secondary N) is 1. The van der Waals surface area contributed by atoms with Crippen LogP contribution in [0.4, 0.5) is 8.78 Å². The molecule has 0 aliphatic heterocycles. The van der Waals surface area contributed by atoms with Gasteiger partial charge in [-0.3, -0.25) is 0 Å². The lowest BCUT2D eigenvalue weighted by molar-refractivity contribution is 0.103. The van der Waals surface area contributed by atoms with E-state index in [0.29, 0.717) is 12.6 Å². The second kappa shape index (κ2) is 5.95. The van der Waals surface area contributed by atoms with Gasteiger partial charge in [0.1, 0.15) is 18.5 Å². The average molecular weight is 322 g/mol. The van der Waals surface area contributed by atoms with Crippen LogP contribution in [0.5, 0.6) is 5.75 Å². The highest BCUT2D eigenvalue weighted by atomic mass is 79.9. The minimum atomic E-state index is -0.788. The normalized spacial score (nSPS) is 16.7. The number of hydrogen-bond donors (Lipinski definition) is 2. The first-order valence-electron chi connectivity index (χ1n) is 5.75. The Morgan fingerprint density at radius 1 is 1.44 bits per heavy atom. The monoisotopic (exact) mass is 321 g/mol. The Hall–Kier alpha value is -0.720. The molecule has 1 aliphatic rings. The van der Waals surface area contributed by atoms with Gasteiger partial charge in [-0.15, -0.1) is 0 Å². The molecule has 1 atom stereocenters. The van der Waals surface area contributed by atoms with Crippen LogP contribution in [-0.4, -0.2) is 30.4 Å². The van der Waals surface area contributed by atoms with Crippen LogP contribution in [0.1, 0.15) is 12.8 Å². The molecule has 0 bridgehead atoms. The standard InChI is InChI=1S/C12H14BrF2NO2/c13-10-3-7(14)4-11(15)12(10)18-6-9(17)5-16-8-1-2-8/h3-4,8-9,16-17H,1-2,5-6H2. The van der Waals surface area contributed by atoms with Crippen LogP contribution < -0.4 is 10.1 Å². The summed E-state index contributed by atoms with van der Waals surface area (Å²) in [6, 6.07) is 2.36. The molecule has 1 saturated carbocycles.